The highest BCUT2D eigenvalue weighted by atomic mass is 32.2. The number of thioether (sulfide) groups is 1. The van der Waals surface area contributed by atoms with Crippen LogP contribution in [0.15, 0.2) is 29.4 Å². The van der Waals surface area contributed by atoms with Gasteiger partial charge in [0.2, 0.25) is 5.91 Å². The number of nitriles is 1. The summed E-state index contributed by atoms with van der Waals surface area (Å²) >= 11 is 1.39. The Labute approximate surface area is 189 Å². The van der Waals surface area contributed by atoms with Gasteiger partial charge in [-0.05, 0) is 37.7 Å². The number of hydrogen-bond acceptors (Lipinski definition) is 5. The molecule has 6 nitrogen and oxygen atoms in total. The van der Waals surface area contributed by atoms with Crippen LogP contribution in [0.4, 0.5) is 0 Å². The molecule has 1 heterocycles. The van der Waals surface area contributed by atoms with Crippen LogP contribution >= 0.6 is 11.8 Å². The molecule has 1 aromatic heterocycles. The second-order valence-electron chi connectivity index (χ2n) is 9.38. The Kier molecular flexibility index (Phi) is 7.10. The van der Waals surface area contributed by atoms with Crippen molar-refractivity contribution in [2.75, 3.05) is 0 Å². The molecule has 1 saturated carbocycles. The quantitative estimate of drug-likeness (QED) is 0.634. The topological polar surface area (TPSA) is 83.6 Å². The van der Waals surface area contributed by atoms with Gasteiger partial charge in [-0.25, -0.2) is 0 Å². The van der Waals surface area contributed by atoms with E-state index < -0.39 is 5.54 Å². The number of nitrogens with one attached hydrogen (secondary N) is 1. The molecule has 3 rings (SSSR count). The van der Waals surface area contributed by atoms with E-state index in [0.29, 0.717) is 6.54 Å². The molecule has 0 aliphatic heterocycles. The second kappa shape index (κ2) is 9.44. The average molecular weight is 440 g/mol. The minimum absolute atomic E-state index is 0.0971. The Balaban J connectivity index is 1.74. The molecule has 1 amide bonds. The van der Waals surface area contributed by atoms with Gasteiger partial charge >= 0.3 is 0 Å². The summed E-state index contributed by atoms with van der Waals surface area (Å²) in [5.41, 5.74) is 1.66. The molecule has 1 fully saturated rings. The van der Waals surface area contributed by atoms with Crippen molar-refractivity contribution in [2.45, 2.75) is 94.6 Å². The van der Waals surface area contributed by atoms with Crippen molar-refractivity contribution in [3.63, 3.8) is 0 Å². The van der Waals surface area contributed by atoms with Crippen LogP contribution in [0.2, 0.25) is 0 Å². The molecule has 1 unspecified atom stereocenters. The van der Waals surface area contributed by atoms with Crippen molar-refractivity contribution in [3.8, 4) is 17.5 Å². The van der Waals surface area contributed by atoms with Crippen molar-refractivity contribution >= 4 is 17.7 Å². The first-order chi connectivity index (χ1) is 14.7. The van der Waals surface area contributed by atoms with Gasteiger partial charge in [-0.15, -0.1) is 10.2 Å². The van der Waals surface area contributed by atoms with E-state index in [4.69, 9.17) is 0 Å². The number of hydrogen-bond donors (Lipinski definition) is 1. The first-order valence-electron chi connectivity index (χ1n) is 11.1. The summed E-state index contributed by atoms with van der Waals surface area (Å²) in [7, 11) is 0. The lowest BCUT2D eigenvalue weighted by molar-refractivity contribution is -0.121. The van der Waals surface area contributed by atoms with Crippen molar-refractivity contribution in [1.82, 2.24) is 20.1 Å². The van der Waals surface area contributed by atoms with E-state index in [1.807, 2.05) is 11.5 Å². The second-order valence-corrected chi connectivity index (χ2v) is 10.7. The first-order valence-corrected chi connectivity index (χ1v) is 12.0. The Morgan fingerprint density at radius 2 is 1.87 bits per heavy atom. The summed E-state index contributed by atoms with van der Waals surface area (Å²) in [6.45, 7) is 11.2. The number of carbonyl (C=O) groups excluding carboxylic acids is 1. The number of aromatic nitrogens is 3. The molecule has 166 valence electrons. The maximum absolute atomic E-state index is 12.8. The lowest BCUT2D eigenvalue weighted by Gasteiger charge is -2.32. The molecule has 0 saturated heterocycles. The van der Waals surface area contributed by atoms with Gasteiger partial charge in [0.15, 0.2) is 11.0 Å². The maximum atomic E-state index is 12.8. The molecule has 0 spiro atoms. The monoisotopic (exact) mass is 439 g/mol. The molecule has 1 aliphatic carbocycles. The van der Waals surface area contributed by atoms with Crippen LogP contribution in [0.1, 0.15) is 72.3 Å². The van der Waals surface area contributed by atoms with Crippen LogP contribution < -0.4 is 5.32 Å². The maximum Gasteiger partial charge on any atom is 0.234 e. The molecule has 0 bridgehead atoms. The third-order valence-electron chi connectivity index (χ3n) is 5.98. The van der Waals surface area contributed by atoms with E-state index in [1.54, 1.807) is 0 Å². The highest BCUT2D eigenvalue weighted by Crippen LogP contribution is 2.31. The summed E-state index contributed by atoms with van der Waals surface area (Å²) in [6, 6.07) is 10.8. The molecule has 2 aromatic rings. The Bertz CT molecular complexity index is 946. The van der Waals surface area contributed by atoms with Gasteiger partial charge in [0.25, 0.3) is 0 Å². The third-order valence-corrected chi connectivity index (χ3v) is 7.06. The van der Waals surface area contributed by atoms with Crippen LogP contribution in [0.25, 0.3) is 11.4 Å². The van der Waals surface area contributed by atoms with Gasteiger partial charge < -0.3 is 9.88 Å². The van der Waals surface area contributed by atoms with E-state index in [-0.39, 0.29) is 16.6 Å². The van der Waals surface area contributed by atoms with E-state index in [0.717, 1.165) is 48.6 Å². The van der Waals surface area contributed by atoms with Gasteiger partial charge in [0.1, 0.15) is 5.54 Å². The molecular weight excluding hydrogens is 406 g/mol. The number of rotatable bonds is 6. The molecule has 1 aromatic carbocycles. The van der Waals surface area contributed by atoms with E-state index in [1.165, 1.54) is 17.3 Å². The van der Waals surface area contributed by atoms with Gasteiger partial charge in [-0.3, -0.25) is 4.79 Å². The number of amides is 1. The number of nitrogens with zero attached hydrogens (tertiary/aromatic N) is 4. The Hall–Kier alpha value is -2.33. The summed E-state index contributed by atoms with van der Waals surface area (Å²) in [4.78, 5) is 12.8. The van der Waals surface area contributed by atoms with Crippen molar-refractivity contribution in [3.05, 3.63) is 29.8 Å². The fourth-order valence-corrected chi connectivity index (χ4v) is 4.88. The molecule has 1 atom stereocenters. The molecule has 7 heteroatoms. The number of carbonyl (C=O) groups is 1. The SMILES string of the molecule is CCn1c(SC(C)C(=O)NC2(C#N)CCCCC2)nnc1-c1ccc(C(C)(C)C)cc1. The van der Waals surface area contributed by atoms with Gasteiger partial charge in [0, 0.05) is 12.1 Å². The van der Waals surface area contributed by atoms with Crippen LogP contribution in [0, 0.1) is 11.3 Å². The summed E-state index contributed by atoms with van der Waals surface area (Å²) in [5, 5.41) is 21.8. The normalized spacial score (nSPS) is 17.0. The third kappa shape index (κ3) is 5.30. The van der Waals surface area contributed by atoms with Crippen molar-refractivity contribution in [1.29, 1.82) is 5.26 Å². The van der Waals surface area contributed by atoms with Gasteiger partial charge in [-0.2, -0.15) is 5.26 Å². The summed E-state index contributed by atoms with van der Waals surface area (Å²) < 4.78 is 2.04. The highest BCUT2D eigenvalue weighted by Gasteiger charge is 2.35. The zero-order valence-corrected chi connectivity index (χ0v) is 20.1. The molecule has 1 aliphatic rings. The summed E-state index contributed by atoms with van der Waals surface area (Å²) in [6.07, 6.45) is 4.55. The van der Waals surface area contributed by atoms with Crippen LogP contribution in [-0.2, 0) is 16.8 Å². The fourth-order valence-electron chi connectivity index (χ4n) is 3.96. The molecular formula is C24H33N5OS. The zero-order chi connectivity index (χ0) is 22.6. The minimum Gasteiger partial charge on any atom is -0.337 e. The highest BCUT2D eigenvalue weighted by molar-refractivity contribution is 8.00. The predicted molar refractivity (Wildman–Crippen MR) is 125 cm³/mol. The van der Waals surface area contributed by atoms with E-state index >= 15 is 0 Å². The van der Waals surface area contributed by atoms with Crippen LogP contribution in [0.3, 0.4) is 0 Å². The lowest BCUT2D eigenvalue weighted by Crippen LogP contribution is -2.51. The Morgan fingerprint density at radius 3 is 2.42 bits per heavy atom. The van der Waals surface area contributed by atoms with Gasteiger partial charge in [0.05, 0.1) is 11.3 Å². The Morgan fingerprint density at radius 1 is 1.23 bits per heavy atom. The largest absolute Gasteiger partial charge is 0.337 e. The van der Waals surface area contributed by atoms with E-state index in [9.17, 15) is 10.1 Å². The van der Waals surface area contributed by atoms with E-state index in [2.05, 4.69) is 73.5 Å². The van der Waals surface area contributed by atoms with Crippen LogP contribution in [-0.4, -0.2) is 31.5 Å². The van der Waals surface area contributed by atoms with Gasteiger partial charge in [-0.1, -0.05) is 76.1 Å². The molecule has 1 N–H and O–H groups in total. The van der Waals surface area contributed by atoms with Crippen LogP contribution in [0.5, 0.6) is 0 Å². The average Bonchev–Trinajstić information content (AvgIpc) is 3.16. The number of benzene rings is 1. The first kappa shape index (κ1) is 23.3. The molecule has 31 heavy (non-hydrogen) atoms. The van der Waals surface area contributed by atoms with Crippen molar-refractivity contribution in [2.24, 2.45) is 0 Å². The molecule has 0 radical (unpaired) electrons. The standard InChI is InChI=1S/C24H33N5OS/c1-6-29-20(18-10-12-19(13-11-18)23(3,4)5)27-28-22(29)31-17(2)21(30)26-24(16-25)14-8-7-9-15-24/h10-13,17H,6-9,14-15H2,1-5H3,(H,26,30). The lowest BCUT2D eigenvalue weighted by atomic mass is 9.83. The smallest absolute Gasteiger partial charge is 0.234 e. The zero-order valence-electron chi connectivity index (χ0n) is 19.2. The fraction of sp³-hybridized carbons (Fsp3) is 0.583. The predicted octanol–water partition coefficient (Wildman–Crippen LogP) is 5.09. The minimum atomic E-state index is -0.720. The summed E-state index contributed by atoms with van der Waals surface area (Å²) in [5.74, 6) is 0.689. The van der Waals surface area contributed by atoms with Crippen molar-refractivity contribution < 1.29 is 4.79 Å².